The normalized spacial score (nSPS) is 13.7. The molecule has 0 amide bonds. The van der Waals surface area contributed by atoms with Crippen LogP contribution in [-0.4, -0.2) is 19.4 Å². The first-order valence-electron chi connectivity index (χ1n) is 5.30. The molecule has 0 N–H and O–H groups in total. The van der Waals surface area contributed by atoms with Gasteiger partial charge in [0.1, 0.15) is 6.61 Å². The minimum absolute atomic E-state index is 0.146. The van der Waals surface area contributed by atoms with Gasteiger partial charge in [0.2, 0.25) is 0 Å². The molecule has 0 saturated heterocycles. The minimum atomic E-state index is -4.30. The van der Waals surface area contributed by atoms with Crippen molar-refractivity contribution in [2.75, 3.05) is 13.2 Å². The SMILES string of the molecule is CCc1ccc(C(Cl)COCC(F)(F)F)cc1. The van der Waals surface area contributed by atoms with E-state index in [1.165, 1.54) is 0 Å². The van der Waals surface area contributed by atoms with Crippen LogP contribution in [0.4, 0.5) is 13.2 Å². The molecule has 0 bridgehead atoms. The van der Waals surface area contributed by atoms with Gasteiger partial charge in [0, 0.05) is 0 Å². The summed E-state index contributed by atoms with van der Waals surface area (Å²) >= 11 is 5.94. The number of hydrogen-bond donors (Lipinski definition) is 0. The maximum Gasteiger partial charge on any atom is 0.411 e. The first-order chi connectivity index (χ1) is 7.92. The summed E-state index contributed by atoms with van der Waals surface area (Å²) in [5.41, 5.74) is 1.93. The van der Waals surface area contributed by atoms with Crippen molar-refractivity contribution >= 4 is 11.6 Å². The highest BCUT2D eigenvalue weighted by Crippen LogP contribution is 2.23. The molecule has 0 saturated carbocycles. The molecule has 0 fully saturated rings. The topological polar surface area (TPSA) is 9.23 Å². The first-order valence-corrected chi connectivity index (χ1v) is 5.73. The average molecular weight is 267 g/mol. The Bertz CT molecular complexity index is 335. The molecule has 5 heteroatoms. The van der Waals surface area contributed by atoms with Crippen molar-refractivity contribution in [1.29, 1.82) is 0 Å². The number of rotatable bonds is 5. The van der Waals surface area contributed by atoms with E-state index in [1.54, 1.807) is 0 Å². The fourth-order valence-electron chi connectivity index (χ4n) is 1.34. The minimum Gasteiger partial charge on any atom is -0.370 e. The summed E-state index contributed by atoms with van der Waals surface area (Å²) in [5, 5.41) is -0.553. The van der Waals surface area contributed by atoms with Crippen molar-refractivity contribution < 1.29 is 17.9 Å². The van der Waals surface area contributed by atoms with Crippen LogP contribution in [0.5, 0.6) is 0 Å². The third-order valence-electron chi connectivity index (χ3n) is 2.28. The quantitative estimate of drug-likeness (QED) is 0.729. The zero-order valence-electron chi connectivity index (χ0n) is 9.43. The summed E-state index contributed by atoms with van der Waals surface area (Å²) in [6.07, 6.45) is -3.39. The van der Waals surface area contributed by atoms with Crippen LogP contribution >= 0.6 is 11.6 Å². The van der Waals surface area contributed by atoms with E-state index < -0.39 is 18.2 Å². The molecule has 1 nitrogen and oxygen atoms in total. The van der Waals surface area contributed by atoms with Gasteiger partial charge in [-0.2, -0.15) is 13.2 Å². The molecule has 0 aliphatic heterocycles. The van der Waals surface area contributed by atoms with E-state index in [9.17, 15) is 13.2 Å². The van der Waals surface area contributed by atoms with Gasteiger partial charge in [-0.05, 0) is 17.5 Å². The van der Waals surface area contributed by atoms with Crippen LogP contribution in [0.1, 0.15) is 23.4 Å². The second-order valence-electron chi connectivity index (χ2n) is 3.69. The van der Waals surface area contributed by atoms with Gasteiger partial charge < -0.3 is 4.74 Å². The van der Waals surface area contributed by atoms with Gasteiger partial charge in [-0.15, -0.1) is 11.6 Å². The number of ether oxygens (including phenoxy) is 1. The highest BCUT2D eigenvalue weighted by Gasteiger charge is 2.27. The second kappa shape index (κ2) is 6.26. The molecule has 1 unspecified atom stereocenters. The third kappa shape index (κ3) is 5.41. The Balaban J connectivity index is 2.43. The van der Waals surface area contributed by atoms with Gasteiger partial charge in [0.05, 0.1) is 12.0 Å². The summed E-state index contributed by atoms with van der Waals surface area (Å²) in [4.78, 5) is 0. The molecular weight excluding hydrogens is 253 g/mol. The van der Waals surface area contributed by atoms with Gasteiger partial charge in [0.25, 0.3) is 0 Å². The Kier molecular flexibility index (Phi) is 5.28. The summed E-state index contributed by atoms with van der Waals surface area (Å²) in [7, 11) is 0. The maximum absolute atomic E-state index is 11.8. The Morgan fingerprint density at radius 3 is 2.29 bits per heavy atom. The van der Waals surface area contributed by atoms with Crippen LogP contribution in [0.3, 0.4) is 0 Å². The molecule has 1 aromatic carbocycles. The van der Waals surface area contributed by atoms with Crippen LogP contribution < -0.4 is 0 Å². The van der Waals surface area contributed by atoms with Gasteiger partial charge in [-0.25, -0.2) is 0 Å². The van der Waals surface area contributed by atoms with Gasteiger partial charge >= 0.3 is 6.18 Å². The molecule has 0 aromatic heterocycles. The van der Waals surface area contributed by atoms with Crippen molar-refractivity contribution in [2.45, 2.75) is 24.9 Å². The van der Waals surface area contributed by atoms with Crippen LogP contribution in [-0.2, 0) is 11.2 Å². The third-order valence-corrected chi connectivity index (χ3v) is 2.66. The lowest BCUT2D eigenvalue weighted by molar-refractivity contribution is -0.173. The molecule has 1 aromatic rings. The predicted octanol–water partition coefficient (Wildman–Crippen LogP) is 4.11. The number of benzene rings is 1. The number of halogens is 4. The molecule has 1 atom stereocenters. The van der Waals surface area contributed by atoms with Crippen LogP contribution in [0.15, 0.2) is 24.3 Å². The number of aryl methyl sites for hydroxylation is 1. The summed E-state index contributed by atoms with van der Waals surface area (Å²) in [5.74, 6) is 0. The van der Waals surface area contributed by atoms with E-state index >= 15 is 0 Å². The lowest BCUT2D eigenvalue weighted by Gasteiger charge is -2.12. The summed E-state index contributed by atoms with van der Waals surface area (Å²) < 4.78 is 40.0. The van der Waals surface area contributed by atoms with Crippen LogP contribution in [0.25, 0.3) is 0 Å². The smallest absolute Gasteiger partial charge is 0.370 e. The number of hydrogen-bond acceptors (Lipinski definition) is 1. The Morgan fingerprint density at radius 1 is 1.24 bits per heavy atom. The van der Waals surface area contributed by atoms with Crippen molar-refractivity contribution in [2.24, 2.45) is 0 Å². The predicted molar refractivity (Wildman–Crippen MR) is 61.3 cm³/mol. The molecule has 0 radical (unpaired) electrons. The Morgan fingerprint density at radius 2 is 1.82 bits per heavy atom. The fraction of sp³-hybridized carbons (Fsp3) is 0.500. The van der Waals surface area contributed by atoms with E-state index in [2.05, 4.69) is 4.74 Å². The van der Waals surface area contributed by atoms with E-state index in [-0.39, 0.29) is 6.61 Å². The molecule has 1 rings (SSSR count). The van der Waals surface area contributed by atoms with E-state index in [4.69, 9.17) is 11.6 Å². The van der Waals surface area contributed by atoms with Crippen LogP contribution in [0.2, 0.25) is 0 Å². The molecule has 17 heavy (non-hydrogen) atoms. The van der Waals surface area contributed by atoms with E-state index in [0.29, 0.717) is 0 Å². The van der Waals surface area contributed by atoms with Gasteiger partial charge in [-0.3, -0.25) is 0 Å². The van der Waals surface area contributed by atoms with Gasteiger partial charge in [-0.1, -0.05) is 31.2 Å². The molecule has 0 aliphatic rings. The largest absolute Gasteiger partial charge is 0.411 e. The highest BCUT2D eigenvalue weighted by molar-refractivity contribution is 6.20. The average Bonchev–Trinajstić information content (AvgIpc) is 2.27. The lowest BCUT2D eigenvalue weighted by Crippen LogP contribution is -2.18. The molecule has 0 aliphatic carbocycles. The standard InChI is InChI=1S/C12H14ClF3O/c1-2-9-3-5-10(6-4-9)11(13)7-17-8-12(14,15)16/h3-6,11H,2,7-8H2,1H3. The van der Waals surface area contributed by atoms with Gasteiger partial charge in [0.15, 0.2) is 0 Å². The summed E-state index contributed by atoms with van der Waals surface area (Å²) in [6, 6.07) is 7.45. The fourth-order valence-corrected chi connectivity index (χ4v) is 1.57. The number of alkyl halides is 4. The van der Waals surface area contributed by atoms with Crippen molar-refractivity contribution in [3.8, 4) is 0 Å². The molecule has 96 valence electrons. The molecular formula is C12H14ClF3O. The summed E-state index contributed by atoms with van der Waals surface area (Å²) in [6.45, 7) is 0.620. The van der Waals surface area contributed by atoms with Crippen molar-refractivity contribution in [3.05, 3.63) is 35.4 Å². The second-order valence-corrected chi connectivity index (χ2v) is 4.22. The Labute approximate surface area is 104 Å². The lowest BCUT2D eigenvalue weighted by atomic mass is 10.1. The zero-order chi connectivity index (χ0) is 12.9. The Hall–Kier alpha value is -0.740. The monoisotopic (exact) mass is 266 g/mol. The van der Waals surface area contributed by atoms with Crippen LogP contribution in [0, 0.1) is 0 Å². The first kappa shape index (κ1) is 14.3. The molecule has 0 spiro atoms. The highest BCUT2D eigenvalue weighted by atomic mass is 35.5. The zero-order valence-corrected chi connectivity index (χ0v) is 10.2. The molecule has 0 heterocycles. The van der Waals surface area contributed by atoms with E-state index in [1.807, 2.05) is 31.2 Å². The maximum atomic E-state index is 11.8. The van der Waals surface area contributed by atoms with E-state index in [0.717, 1.165) is 17.5 Å². The van der Waals surface area contributed by atoms with Crippen molar-refractivity contribution in [3.63, 3.8) is 0 Å². The van der Waals surface area contributed by atoms with Crippen molar-refractivity contribution in [1.82, 2.24) is 0 Å².